The van der Waals surface area contributed by atoms with Gasteiger partial charge >= 0.3 is 0 Å². The van der Waals surface area contributed by atoms with Gasteiger partial charge in [-0.1, -0.05) is 19.3 Å². The Labute approximate surface area is 134 Å². The summed E-state index contributed by atoms with van der Waals surface area (Å²) in [5, 5.41) is 6.45. The maximum Gasteiger partial charge on any atom is 0.223 e. The molecule has 21 heavy (non-hydrogen) atoms. The van der Waals surface area contributed by atoms with E-state index in [0.29, 0.717) is 24.7 Å². The molecule has 2 N–H and O–H groups in total. The third-order valence-electron chi connectivity index (χ3n) is 5.41. The number of halogens is 1. The second-order valence-corrected chi connectivity index (χ2v) is 6.79. The number of amides is 1. The number of hydrogen-bond donors (Lipinski definition) is 2. The first-order valence-electron chi connectivity index (χ1n) is 8.40. The first-order valence-corrected chi connectivity index (χ1v) is 8.40. The van der Waals surface area contributed by atoms with E-state index in [2.05, 4.69) is 10.6 Å². The molecule has 0 radical (unpaired) electrons. The van der Waals surface area contributed by atoms with E-state index < -0.39 is 0 Å². The van der Waals surface area contributed by atoms with E-state index in [1.807, 2.05) is 0 Å². The zero-order valence-corrected chi connectivity index (χ0v) is 13.7. The molecular weight excluding hydrogens is 288 g/mol. The summed E-state index contributed by atoms with van der Waals surface area (Å²) in [4.78, 5) is 12.1. The Bertz CT molecular complexity index is 339. The monoisotopic (exact) mass is 316 g/mol. The molecule has 1 aliphatic heterocycles. The van der Waals surface area contributed by atoms with Crippen molar-refractivity contribution in [3.05, 3.63) is 0 Å². The molecule has 3 aliphatic rings. The van der Waals surface area contributed by atoms with Crippen molar-refractivity contribution in [1.82, 2.24) is 10.6 Å². The van der Waals surface area contributed by atoms with Crippen LogP contribution in [0.25, 0.3) is 0 Å². The molecule has 5 heteroatoms. The SMILES string of the molecule is Cl.O=C(NCCOC1CCCCC1)C1CC12CCNCC2. The van der Waals surface area contributed by atoms with Gasteiger partial charge in [0, 0.05) is 12.5 Å². The largest absolute Gasteiger partial charge is 0.376 e. The van der Waals surface area contributed by atoms with Gasteiger partial charge in [-0.15, -0.1) is 12.4 Å². The highest BCUT2D eigenvalue weighted by Crippen LogP contribution is 2.58. The van der Waals surface area contributed by atoms with E-state index >= 15 is 0 Å². The van der Waals surface area contributed by atoms with E-state index in [9.17, 15) is 4.79 Å². The Kier molecular flexibility index (Phi) is 6.33. The number of rotatable bonds is 5. The van der Waals surface area contributed by atoms with Crippen molar-refractivity contribution in [1.29, 1.82) is 0 Å². The summed E-state index contributed by atoms with van der Waals surface area (Å²) in [7, 11) is 0. The molecule has 0 bridgehead atoms. The lowest BCUT2D eigenvalue weighted by molar-refractivity contribution is -0.123. The molecule has 3 rings (SSSR count). The minimum absolute atomic E-state index is 0. The molecule has 0 aromatic carbocycles. The standard InChI is InChI=1S/C16H28N2O2.ClH/c19-15(14-12-16(14)6-8-17-9-7-16)18-10-11-20-13-4-2-1-3-5-13;/h13-14,17H,1-12H2,(H,18,19);1H. The molecule has 4 nitrogen and oxygen atoms in total. The third-order valence-corrected chi connectivity index (χ3v) is 5.41. The number of carbonyl (C=O) groups excluding carboxylic acids is 1. The van der Waals surface area contributed by atoms with Crippen molar-refractivity contribution in [2.45, 2.75) is 57.5 Å². The molecule has 2 saturated carbocycles. The maximum atomic E-state index is 12.1. The number of ether oxygens (including phenoxy) is 1. The number of nitrogens with one attached hydrogen (secondary N) is 2. The fourth-order valence-corrected chi connectivity index (χ4v) is 3.95. The Balaban J connectivity index is 0.00000161. The molecular formula is C16H29ClN2O2. The van der Waals surface area contributed by atoms with Gasteiger partial charge < -0.3 is 15.4 Å². The summed E-state index contributed by atoms with van der Waals surface area (Å²) in [6, 6.07) is 0. The van der Waals surface area contributed by atoms with Crippen molar-refractivity contribution in [2.75, 3.05) is 26.2 Å². The molecule has 1 heterocycles. The molecule has 1 saturated heterocycles. The van der Waals surface area contributed by atoms with Crippen LogP contribution in [0.2, 0.25) is 0 Å². The van der Waals surface area contributed by atoms with Crippen molar-refractivity contribution >= 4 is 18.3 Å². The predicted octanol–water partition coefficient (Wildman–Crippen LogP) is 2.26. The van der Waals surface area contributed by atoms with Crippen LogP contribution in [0.4, 0.5) is 0 Å². The Morgan fingerprint density at radius 3 is 2.62 bits per heavy atom. The molecule has 1 unspecified atom stereocenters. The Hall–Kier alpha value is -0.320. The number of hydrogen-bond acceptors (Lipinski definition) is 3. The average molecular weight is 317 g/mol. The summed E-state index contributed by atoms with van der Waals surface area (Å²) in [6.45, 7) is 3.51. The van der Waals surface area contributed by atoms with Crippen LogP contribution in [-0.2, 0) is 9.53 Å². The normalized spacial score (nSPS) is 27.9. The van der Waals surface area contributed by atoms with E-state index in [4.69, 9.17) is 4.74 Å². The first kappa shape index (κ1) is 17.0. The van der Waals surface area contributed by atoms with Crippen molar-refractivity contribution < 1.29 is 9.53 Å². The van der Waals surface area contributed by atoms with Crippen LogP contribution in [0.3, 0.4) is 0 Å². The van der Waals surface area contributed by atoms with Gasteiger partial charge in [-0.25, -0.2) is 0 Å². The average Bonchev–Trinajstić information content (AvgIpc) is 3.19. The van der Waals surface area contributed by atoms with Crippen LogP contribution in [0.1, 0.15) is 51.4 Å². The van der Waals surface area contributed by atoms with Crippen molar-refractivity contribution in [2.24, 2.45) is 11.3 Å². The third kappa shape index (κ3) is 4.33. The maximum absolute atomic E-state index is 12.1. The van der Waals surface area contributed by atoms with Gasteiger partial charge in [-0.3, -0.25) is 4.79 Å². The van der Waals surface area contributed by atoms with E-state index in [0.717, 1.165) is 19.5 Å². The number of carbonyl (C=O) groups is 1. The van der Waals surface area contributed by atoms with Gasteiger partial charge in [-0.05, 0) is 50.6 Å². The lowest BCUT2D eigenvalue weighted by Gasteiger charge is -2.23. The summed E-state index contributed by atoms with van der Waals surface area (Å²) in [5.74, 6) is 0.540. The van der Waals surface area contributed by atoms with E-state index in [-0.39, 0.29) is 24.2 Å². The second kappa shape index (κ2) is 7.80. The van der Waals surface area contributed by atoms with Gasteiger partial charge in [0.15, 0.2) is 0 Å². The van der Waals surface area contributed by atoms with Crippen molar-refractivity contribution in [3.63, 3.8) is 0 Å². The molecule has 2 aliphatic carbocycles. The van der Waals surface area contributed by atoms with Gasteiger partial charge in [-0.2, -0.15) is 0 Å². The zero-order valence-electron chi connectivity index (χ0n) is 12.9. The van der Waals surface area contributed by atoms with Gasteiger partial charge in [0.1, 0.15) is 0 Å². The van der Waals surface area contributed by atoms with Gasteiger partial charge in [0.2, 0.25) is 5.91 Å². The van der Waals surface area contributed by atoms with Crippen LogP contribution in [0, 0.1) is 11.3 Å². The summed E-state index contributed by atoms with van der Waals surface area (Å²) >= 11 is 0. The quantitative estimate of drug-likeness (QED) is 0.765. The summed E-state index contributed by atoms with van der Waals surface area (Å²) in [6.07, 6.45) is 10.2. The second-order valence-electron chi connectivity index (χ2n) is 6.79. The van der Waals surface area contributed by atoms with Crippen LogP contribution < -0.4 is 10.6 Å². The Morgan fingerprint density at radius 1 is 1.19 bits per heavy atom. The highest BCUT2D eigenvalue weighted by molar-refractivity contribution is 5.85. The first-order chi connectivity index (χ1) is 9.80. The minimum atomic E-state index is 0. The molecule has 0 aromatic heterocycles. The topological polar surface area (TPSA) is 50.4 Å². The number of piperidine rings is 1. The van der Waals surface area contributed by atoms with Crippen molar-refractivity contribution in [3.8, 4) is 0 Å². The lowest BCUT2D eigenvalue weighted by Crippen LogP contribution is -2.35. The highest BCUT2D eigenvalue weighted by Gasteiger charge is 2.57. The van der Waals surface area contributed by atoms with Crippen LogP contribution in [-0.4, -0.2) is 38.3 Å². The zero-order chi connectivity index (χ0) is 13.8. The highest BCUT2D eigenvalue weighted by atomic mass is 35.5. The minimum Gasteiger partial charge on any atom is -0.376 e. The fourth-order valence-electron chi connectivity index (χ4n) is 3.95. The molecule has 1 atom stereocenters. The molecule has 122 valence electrons. The fraction of sp³-hybridized carbons (Fsp3) is 0.938. The molecule has 0 aromatic rings. The Morgan fingerprint density at radius 2 is 1.90 bits per heavy atom. The summed E-state index contributed by atoms with van der Waals surface area (Å²) < 4.78 is 5.85. The van der Waals surface area contributed by atoms with E-state index in [1.165, 1.54) is 44.9 Å². The van der Waals surface area contributed by atoms with Gasteiger partial charge in [0.05, 0.1) is 12.7 Å². The van der Waals surface area contributed by atoms with Crippen LogP contribution in [0.15, 0.2) is 0 Å². The van der Waals surface area contributed by atoms with Gasteiger partial charge in [0.25, 0.3) is 0 Å². The molecule has 3 fully saturated rings. The predicted molar refractivity (Wildman–Crippen MR) is 85.7 cm³/mol. The van der Waals surface area contributed by atoms with Crippen LogP contribution >= 0.6 is 12.4 Å². The van der Waals surface area contributed by atoms with Crippen LogP contribution in [0.5, 0.6) is 0 Å². The lowest BCUT2D eigenvalue weighted by atomic mass is 9.92. The van der Waals surface area contributed by atoms with E-state index in [1.54, 1.807) is 0 Å². The summed E-state index contributed by atoms with van der Waals surface area (Å²) in [5.41, 5.74) is 0.347. The smallest absolute Gasteiger partial charge is 0.223 e. The molecule has 1 amide bonds. The molecule has 1 spiro atoms.